The van der Waals surface area contributed by atoms with Crippen molar-refractivity contribution in [1.29, 1.82) is 0 Å². The highest BCUT2D eigenvalue weighted by atomic mass is 79.9. The van der Waals surface area contributed by atoms with E-state index < -0.39 is 56.9 Å². The smallest absolute Gasteiger partial charge is 0.339 e. The second kappa shape index (κ2) is 12.8. The zero-order valence-electron chi connectivity index (χ0n) is 23.5. The van der Waals surface area contributed by atoms with Crippen molar-refractivity contribution >= 4 is 71.2 Å². The number of carbonyl (C=O) groups excluding carboxylic acids is 4. The summed E-state index contributed by atoms with van der Waals surface area (Å²) in [6.45, 7) is 1.09. The maximum atomic E-state index is 13.7. The van der Waals surface area contributed by atoms with Crippen molar-refractivity contribution in [2.24, 2.45) is 11.8 Å². The van der Waals surface area contributed by atoms with Gasteiger partial charge in [0.25, 0.3) is 23.4 Å². The Morgan fingerprint density at radius 2 is 1.40 bits per heavy atom. The fourth-order valence-electron chi connectivity index (χ4n) is 5.23. The van der Waals surface area contributed by atoms with Gasteiger partial charge in [-0.15, -0.1) is 0 Å². The van der Waals surface area contributed by atoms with Crippen LogP contribution in [0.4, 0.5) is 5.69 Å². The van der Waals surface area contributed by atoms with Gasteiger partial charge in [-0.05, 0) is 68.3 Å². The van der Waals surface area contributed by atoms with Crippen molar-refractivity contribution in [3.05, 3.63) is 99.6 Å². The number of hydrogen-bond acceptors (Lipinski definition) is 9. The standard InChI is InChI=1S/C30H25Br2N3O9S/c1-17-2-12-22(13-3-17)45(42,43)44-21-10-6-18(7-11-21)27(36)16-33(28(37)19-4-8-20(9-5-19)35(40)41)34-29(38)23-14-25(31)26(32)15-24(23)30(34)39/h2-13,23-26H,14-16H2,1H3/t23-,24+,25-,26-/m0/s1. The molecular formula is C30H25Br2N3O9S. The molecule has 2 aliphatic rings. The van der Waals surface area contributed by atoms with Crippen LogP contribution in [0, 0.1) is 28.9 Å². The Morgan fingerprint density at radius 3 is 1.91 bits per heavy atom. The average molecular weight is 763 g/mol. The third kappa shape index (κ3) is 6.70. The Labute approximate surface area is 274 Å². The van der Waals surface area contributed by atoms with E-state index in [1.807, 2.05) is 6.92 Å². The lowest BCUT2D eigenvalue weighted by Crippen LogP contribution is -2.52. The fourth-order valence-corrected chi connectivity index (χ4v) is 7.39. The SMILES string of the molecule is Cc1ccc(S(=O)(=O)Oc2ccc(C(=O)CN(C(=O)c3ccc([N+](=O)[O-])cc3)N3C(=O)[C@H]4C[C@H](Br)[C@@H](Br)C[C@H]4C3=O)cc2)cc1. The summed E-state index contributed by atoms with van der Waals surface area (Å²) in [6.07, 6.45) is 0.671. The van der Waals surface area contributed by atoms with Crippen LogP contribution in [-0.2, 0) is 19.7 Å². The van der Waals surface area contributed by atoms with Gasteiger partial charge in [0.1, 0.15) is 17.2 Å². The molecule has 15 heteroatoms. The Kier molecular flexibility index (Phi) is 9.23. The second-order valence-electron chi connectivity index (χ2n) is 10.7. The normalized spacial score (nSPS) is 21.3. The molecule has 1 saturated carbocycles. The summed E-state index contributed by atoms with van der Waals surface area (Å²) in [5.41, 5.74) is 0.570. The number of hydrazine groups is 1. The fraction of sp³-hybridized carbons (Fsp3) is 0.267. The molecule has 1 heterocycles. The molecule has 0 bridgehead atoms. The van der Waals surface area contributed by atoms with Crippen LogP contribution >= 0.6 is 31.9 Å². The number of non-ortho nitro benzene ring substituents is 1. The monoisotopic (exact) mass is 761 g/mol. The number of alkyl halides is 2. The van der Waals surface area contributed by atoms with E-state index in [1.54, 1.807) is 12.1 Å². The molecule has 3 amide bonds. The van der Waals surface area contributed by atoms with Crippen molar-refractivity contribution < 1.29 is 36.7 Å². The van der Waals surface area contributed by atoms with Crippen LogP contribution in [0.3, 0.4) is 0 Å². The number of imide groups is 1. The predicted octanol–water partition coefficient (Wildman–Crippen LogP) is 4.83. The first-order valence-electron chi connectivity index (χ1n) is 13.6. The van der Waals surface area contributed by atoms with E-state index in [2.05, 4.69) is 31.9 Å². The molecule has 1 saturated heterocycles. The number of amides is 3. The summed E-state index contributed by atoms with van der Waals surface area (Å²) < 4.78 is 30.5. The highest BCUT2D eigenvalue weighted by Gasteiger charge is 2.54. The van der Waals surface area contributed by atoms with Crippen molar-refractivity contribution in [3.63, 3.8) is 0 Å². The molecule has 45 heavy (non-hydrogen) atoms. The Balaban J connectivity index is 1.41. The van der Waals surface area contributed by atoms with Crippen LogP contribution in [0.1, 0.15) is 39.1 Å². The van der Waals surface area contributed by atoms with Crippen LogP contribution in [0.2, 0.25) is 0 Å². The number of hydrogen-bond donors (Lipinski definition) is 0. The minimum absolute atomic E-state index is 0.0494. The van der Waals surface area contributed by atoms with E-state index in [0.29, 0.717) is 17.9 Å². The molecule has 0 N–H and O–H groups in total. The van der Waals surface area contributed by atoms with Crippen LogP contribution in [0.15, 0.2) is 77.7 Å². The van der Waals surface area contributed by atoms with Crippen LogP contribution < -0.4 is 4.18 Å². The molecule has 12 nitrogen and oxygen atoms in total. The number of nitro groups is 1. The Morgan fingerprint density at radius 1 is 0.889 bits per heavy atom. The number of ketones is 1. The molecule has 4 atom stereocenters. The molecule has 1 aliphatic carbocycles. The van der Waals surface area contributed by atoms with E-state index in [0.717, 1.165) is 22.7 Å². The molecule has 0 radical (unpaired) electrons. The molecule has 0 unspecified atom stereocenters. The third-order valence-corrected chi connectivity index (χ3v) is 11.7. The number of carbonyl (C=O) groups is 4. The van der Waals surface area contributed by atoms with Crippen LogP contribution in [0.25, 0.3) is 0 Å². The first-order chi connectivity index (χ1) is 21.3. The van der Waals surface area contributed by atoms with Gasteiger partial charge in [-0.3, -0.25) is 29.3 Å². The van der Waals surface area contributed by atoms with Gasteiger partial charge in [0, 0.05) is 32.9 Å². The quantitative estimate of drug-likeness (QED) is 0.0743. The number of nitro benzene ring substituents is 1. The van der Waals surface area contributed by atoms with Gasteiger partial charge in [0.15, 0.2) is 5.78 Å². The van der Waals surface area contributed by atoms with E-state index >= 15 is 0 Å². The van der Waals surface area contributed by atoms with Gasteiger partial charge in [-0.2, -0.15) is 13.4 Å². The molecule has 3 aromatic rings. The highest BCUT2D eigenvalue weighted by molar-refractivity contribution is 9.12. The van der Waals surface area contributed by atoms with E-state index in [4.69, 9.17) is 4.18 Å². The maximum Gasteiger partial charge on any atom is 0.339 e. The first kappa shape index (κ1) is 32.4. The number of benzene rings is 3. The molecule has 3 aromatic carbocycles. The van der Waals surface area contributed by atoms with Crippen molar-refractivity contribution in [1.82, 2.24) is 10.0 Å². The molecule has 0 spiro atoms. The average Bonchev–Trinajstić information content (AvgIpc) is 3.24. The van der Waals surface area contributed by atoms with Gasteiger partial charge < -0.3 is 4.18 Å². The van der Waals surface area contributed by atoms with Gasteiger partial charge >= 0.3 is 10.1 Å². The maximum absolute atomic E-state index is 13.7. The van der Waals surface area contributed by atoms with Gasteiger partial charge in [0.05, 0.1) is 16.8 Å². The van der Waals surface area contributed by atoms with Crippen molar-refractivity contribution in [3.8, 4) is 5.75 Å². The van der Waals surface area contributed by atoms with E-state index in [9.17, 15) is 37.7 Å². The van der Waals surface area contributed by atoms with E-state index in [-0.39, 0.29) is 37.1 Å². The minimum Gasteiger partial charge on any atom is -0.379 e. The van der Waals surface area contributed by atoms with Gasteiger partial charge in [-0.25, -0.2) is 5.01 Å². The highest BCUT2D eigenvalue weighted by Crippen LogP contribution is 2.43. The van der Waals surface area contributed by atoms with Crippen LogP contribution in [0.5, 0.6) is 5.75 Å². The molecule has 234 valence electrons. The minimum atomic E-state index is -4.14. The molecule has 2 fully saturated rings. The molecule has 5 rings (SSSR count). The summed E-state index contributed by atoms with van der Waals surface area (Å²) in [7, 11) is -4.14. The molecular weight excluding hydrogens is 738 g/mol. The number of rotatable bonds is 9. The topological polar surface area (TPSA) is 161 Å². The lowest BCUT2D eigenvalue weighted by Gasteiger charge is -2.30. The number of aryl methyl sites for hydroxylation is 1. The van der Waals surface area contributed by atoms with E-state index in [1.165, 1.54) is 48.5 Å². The summed E-state index contributed by atoms with van der Waals surface area (Å²) in [5, 5.41) is 12.6. The third-order valence-electron chi connectivity index (χ3n) is 7.67. The Hall–Kier alpha value is -3.95. The molecule has 0 aromatic heterocycles. The number of nitrogens with zero attached hydrogens (tertiary/aromatic N) is 3. The number of fused-ring (bicyclic) bond motifs is 1. The van der Waals surface area contributed by atoms with Gasteiger partial charge in [0.2, 0.25) is 0 Å². The number of halogens is 2. The summed E-state index contributed by atoms with van der Waals surface area (Å²) in [6, 6.07) is 15.8. The largest absolute Gasteiger partial charge is 0.379 e. The first-order valence-corrected chi connectivity index (χ1v) is 16.9. The number of Topliss-reactive ketones (excluding diaryl/α,β-unsaturated/α-hetero) is 1. The summed E-state index contributed by atoms with van der Waals surface area (Å²) in [4.78, 5) is 64.5. The summed E-state index contributed by atoms with van der Waals surface area (Å²) in [5.74, 6) is -4.26. The molecule has 1 aliphatic heterocycles. The second-order valence-corrected chi connectivity index (χ2v) is 14.6. The lowest BCUT2D eigenvalue weighted by atomic mass is 9.81. The predicted molar refractivity (Wildman–Crippen MR) is 167 cm³/mol. The Bertz CT molecular complexity index is 1750. The van der Waals surface area contributed by atoms with Gasteiger partial charge in [-0.1, -0.05) is 49.6 Å². The van der Waals surface area contributed by atoms with Crippen LogP contribution in [-0.4, -0.2) is 63.1 Å². The lowest BCUT2D eigenvalue weighted by molar-refractivity contribution is -0.384. The summed E-state index contributed by atoms with van der Waals surface area (Å²) >= 11 is 7.05. The van der Waals surface area contributed by atoms with Crippen molar-refractivity contribution in [2.75, 3.05) is 6.54 Å². The van der Waals surface area contributed by atoms with Crippen molar-refractivity contribution in [2.45, 2.75) is 34.3 Å². The zero-order valence-corrected chi connectivity index (χ0v) is 27.5. The zero-order chi connectivity index (χ0) is 32.6.